The Morgan fingerprint density at radius 1 is 0.592 bits per heavy atom. The number of rotatable bonds is 9. The first-order chi connectivity index (χ1) is 36.7. The molecular weight excluding hydrogens is 980 g/mol. The molecule has 9 heterocycles. The lowest BCUT2D eigenvalue weighted by atomic mass is 9.90. The molecule has 6 aliphatic rings. The summed E-state index contributed by atoms with van der Waals surface area (Å²) in [5.74, 6) is -1.25. The van der Waals surface area contributed by atoms with Crippen LogP contribution in [0.2, 0.25) is 0 Å². The minimum absolute atomic E-state index is 0.0219. The number of fused-ring (bicyclic) bond motifs is 6. The minimum atomic E-state index is -0.675. The standard InChI is InChI=1S/C28H30F3N5O.C27H31F2N7O.C2H6/c1-28(2)8-5-19-15-37-26-22(30)11-17(12-24(26)36(19)28)25-23(31)14-33-27(35-25)34-18-3-4-20(21(29)13-18)16-6-9-32-10-7-16;1-27(2)6-5-19-16-37-25-20(28)11-18(12-22(25)36(19)27)24-21(29)14-32-26(34-24)33-23-4-3-17(13-31-23)15-35-9-7-30-8-10-35;1-2/h3-4,11-14,16,19,32H,5-10,15H2,1-2H3,(H,33,34,35);3-4,11-14,19,30H,5-10,15-16H2,1-2H3,(H,31,32,33,34);1-2H3. The first-order valence-electron chi connectivity index (χ1n) is 26.7. The molecule has 3 aromatic heterocycles. The van der Waals surface area contributed by atoms with Crippen LogP contribution in [0.15, 0.2) is 73.2 Å². The fourth-order valence-electron chi connectivity index (χ4n) is 11.6. The van der Waals surface area contributed by atoms with Gasteiger partial charge in [0.1, 0.15) is 36.2 Å². The number of nitrogens with one attached hydrogen (secondary N) is 4. The Labute approximate surface area is 441 Å². The first kappa shape index (κ1) is 52.7. The topological polar surface area (TPSA) is 141 Å². The predicted octanol–water partition coefficient (Wildman–Crippen LogP) is 11.0. The summed E-state index contributed by atoms with van der Waals surface area (Å²) >= 11 is 0. The molecule has 14 nitrogen and oxygen atoms in total. The van der Waals surface area contributed by atoms with E-state index >= 15 is 8.78 Å². The number of nitrogens with zero attached hydrogens (tertiary/aromatic N) is 8. The molecule has 4 N–H and O–H groups in total. The van der Waals surface area contributed by atoms with Crippen LogP contribution in [0.3, 0.4) is 0 Å². The summed E-state index contributed by atoms with van der Waals surface area (Å²) in [5.41, 5.74) is 3.82. The summed E-state index contributed by atoms with van der Waals surface area (Å²) in [6.45, 7) is 20.0. The van der Waals surface area contributed by atoms with Gasteiger partial charge in [0.15, 0.2) is 34.8 Å². The molecule has 0 bridgehead atoms. The number of ether oxygens (including phenoxy) is 2. The van der Waals surface area contributed by atoms with Crippen LogP contribution >= 0.6 is 0 Å². The van der Waals surface area contributed by atoms with Gasteiger partial charge in [0.2, 0.25) is 11.9 Å². The van der Waals surface area contributed by atoms with Crippen LogP contribution in [0, 0.1) is 29.1 Å². The van der Waals surface area contributed by atoms with Crippen molar-refractivity contribution in [2.75, 3.05) is 72.9 Å². The minimum Gasteiger partial charge on any atom is -0.486 e. The Morgan fingerprint density at radius 3 is 1.66 bits per heavy atom. The Kier molecular flexibility index (Phi) is 15.3. The summed E-state index contributed by atoms with van der Waals surface area (Å²) < 4.78 is 86.6. The number of hydrogen-bond donors (Lipinski definition) is 4. The van der Waals surface area contributed by atoms with Crippen molar-refractivity contribution in [1.82, 2.24) is 40.5 Å². The highest BCUT2D eigenvalue weighted by atomic mass is 19.1. The van der Waals surface area contributed by atoms with Crippen LogP contribution in [-0.4, -0.2) is 105 Å². The maximum atomic E-state index is 15.2. The van der Waals surface area contributed by atoms with Gasteiger partial charge < -0.3 is 40.5 Å². The number of halogens is 5. The normalized spacial score (nSPS) is 20.3. The average Bonchev–Trinajstić information content (AvgIpc) is 3.94. The number of hydrogen-bond acceptors (Lipinski definition) is 14. The zero-order chi connectivity index (χ0) is 53.3. The second kappa shape index (κ2) is 22.1. The van der Waals surface area contributed by atoms with Crippen molar-refractivity contribution in [2.24, 2.45) is 0 Å². The maximum Gasteiger partial charge on any atom is 0.229 e. The third-order valence-corrected chi connectivity index (χ3v) is 15.4. The van der Waals surface area contributed by atoms with E-state index in [1.807, 2.05) is 32.2 Å². The number of anilines is 6. The van der Waals surface area contributed by atoms with Crippen molar-refractivity contribution in [3.63, 3.8) is 0 Å². The van der Waals surface area contributed by atoms with Gasteiger partial charge in [-0.1, -0.05) is 26.0 Å². The van der Waals surface area contributed by atoms with E-state index in [0.717, 1.165) is 102 Å². The lowest BCUT2D eigenvalue weighted by Gasteiger charge is -2.42. The molecule has 76 heavy (non-hydrogen) atoms. The van der Waals surface area contributed by atoms with Gasteiger partial charge in [-0.05, 0) is 139 Å². The van der Waals surface area contributed by atoms with E-state index in [4.69, 9.17) is 9.47 Å². The lowest BCUT2D eigenvalue weighted by molar-refractivity contribution is 0.233. The fraction of sp³-hybridized carbons (Fsp3) is 0.456. The molecule has 4 fully saturated rings. The summed E-state index contributed by atoms with van der Waals surface area (Å²) in [7, 11) is 0. The Morgan fingerprint density at radius 2 is 1.13 bits per heavy atom. The Balaban J connectivity index is 0.000000167. The molecule has 2 atom stereocenters. The van der Waals surface area contributed by atoms with Gasteiger partial charge in [-0.3, -0.25) is 4.90 Å². The van der Waals surface area contributed by atoms with Crippen molar-refractivity contribution in [3.8, 4) is 34.0 Å². The highest BCUT2D eigenvalue weighted by Gasteiger charge is 2.45. The summed E-state index contributed by atoms with van der Waals surface area (Å²) in [4.78, 5) is 28.1. The van der Waals surface area contributed by atoms with Crippen LogP contribution in [0.1, 0.15) is 97.1 Å². The Bertz CT molecular complexity index is 3040. The highest BCUT2D eigenvalue weighted by molar-refractivity contribution is 5.76. The molecule has 0 aliphatic carbocycles. The van der Waals surface area contributed by atoms with Crippen molar-refractivity contribution < 1.29 is 31.4 Å². The smallest absolute Gasteiger partial charge is 0.229 e. The third kappa shape index (κ3) is 11.0. The van der Waals surface area contributed by atoms with E-state index in [-0.39, 0.29) is 69.7 Å². The third-order valence-electron chi connectivity index (χ3n) is 15.4. The Hall–Kier alpha value is -6.70. The zero-order valence-corrected chi connectivity index (χ0v) is 44.1. The summed E-state index contributed by atoms with van der Waals surface area (Å²) in [6.07, 6.45) is 9.59. The number of aromatic nitrogens is 5. The second-order valence-corrected chi connectivity index (χ2v) is 21.4. The van der Waals surface area contributed by atoms with Gasteiger partial charge in [0.25, 0.3) is 0 Å². The van der Waals surface area contributed by atoms with Gasteiger partial charge in [-0.25, -0.2) is 46.9 Å². The molecule has 0 spiro atoms. The molecule has 6 aliphatic heterocycles. The molecule has 402 valence electrons. The number of piperidine rings is 1. The van der Waals surface area contributed by atoms with Crippen molar-refractivity contribution in [3.05, 3.63) is 113 Å². The zero-order valence-electron chi connectivity index (χ0n) is 44.1. The monoisotopic (exact) mass is 1050 g/mol. The van der Waals surface area contributed by atoms with Gasteiger partial charge in [0.05, 0.1) is 35.9 Å². The molecule has 4 saturated heterocycles. The van der Waals surface area contributed by atoms with E-state index in [1.165, 1.54) is 18.2 Å². The molecule has 2 unspecified atom stereocenters. The molecular formula is C57H67F5N12O2. The average molecular weight is 1050 g/mol. The lowest BCUT2D eigenvalue weighted by Crippen LogP contribution is -2.48. The van der Waals surface area contributed by atoms with Crippen LogP contribution in [0.5, 0.6) is 11.5 Å². The summed E-state index contributed by atoms with van der Waals surface area (Å²) in [6, 6.07) is 15.2. The molecule has 6 aromatic rings. The molecule has 0 amide bonds. The fourth-order valence-corrected chi connectivity index (χ4v) is 11.6. The molecule has 3 aromatic carbocycles. The van der Waals surface area contributed by atoms with Gasteiger partial charge in [-0.2, -0.15) is 0 Å². The van der Waals surface area contributed by atoms with Crippen molar-refractivity contribution >= 4 is 34.8 Å². The van der Waals surface area contributed by atoms with E-state index in [0.29, 0.717) is 52.8 Å². The van der Waals surface area contributed by atoms with Crippen molar-refractivity contribution in [1.29, 1.82) is 0 Å². The largest absolute Gasteiger partial charge is 0.486 e. The van der Waals surface area contributed by atoms with Crippen molar-refractivity contribution in [2.45, 2.75) is 116 Å². The predicted molar refractivity (Wildman–Crippen MR) is 286 cm³/mol. The quantitative estimate of drug-likeness (QED) is 0.102. The van der Waals surface area contributed by atoms with Crippen LogP contribution in [-0.2, 0) is 6.54 Å². The van der Waals surface area contributed by atoms with E-state index in [9.17, 15) is 13.2 Å². The molecule has 0 radical (unpaired) electrons. The SMILES string of the molecule is CC.CC1(C)CCC2COc3c(F)cc(-c4nc(Nc5ccc(C6CCNCC6)c(F)c5)ncc4F)cc3N21.CC1(C)CCC2COc3c(F)cc(-c4nc(Nc5ccc(CN6CCNCC6)cn5)ncc4F)cc3N21. The number of piperazine rings is 1. The first-order valence-corrected chi connectivity index (χ1v) is 26.7. The summed E-state index contributed by atoms with van der Waals surface area (Å²) in [5, 5.41) is 12.7. The van der Waals surface area contributed by atoms with Gasteiger partial charge in [0, 0.05) is 66.8 Å². The number of pyridine rings is 1. The van der Waals surface area contributed by atoms with Crippen LogP contribution in [0.4, 0.5) is 56.7 Å². The van der Waals surface area contributed by atoms with E-state index < -0.39 is 23.3 Å². The second-order valence-electron chi connectivity index (χ2n) is 21.4. The van der Waals surface area contributed by atoms with Gasteiger partial charge >= 0.3 is 0 Å². The van der Waals surface area contributed by atoms with Crippen LogP contribution in [0.25, 0.3) is 22.5 Å². The van der Waals surface area contributed by atoms with Gasteiger partial charge in [-0.15, -0.1) is 0 Å². The highest BCUT2D eigenvalue weighted by Crippen LogP contribution is 2.49. The van der Waals surface area contributed by atoms with E-state index in [2.05, 4.69) is 88.6 Å². The van der Waals surface area contributed by atoms with E-state index in [1.54, 1.807) is 24.3 Å². The molecule has 12 rings (SSSR count). The maximum absolute atomic E-state index is 15.2. The number of benzene rings is 3. The molecule has 19 heteroatoms. The molecule has 0 saturated carbocycles. The van der Waals surface area contributed by atoms with Crippen LogP contribution < -0.4 is 40.5 Å².